The number of hydrogen-bond acceptors (Lipinski definition) is 5. The molecule has 6 rings (SSSR count). The maximum Gasteiger partial charge on any atom is 0.261 e. The number of rotatable bonds is 7. The van der Waals surface area contributed by atoms with Gasteiger partial charge >= 0.3 is 0 Å². The Balaban J connectivity index is 1.10. The van der Waals surface area contributed by atoms with Crippen molar-refractivity contribution in [2.45, 2.75) is 13.1 Å². The SMILES string of the molecule is O=C(NCc1ccc(-c2ccc(C(=O)N3Cc4ccccc4C3=O)cc2F)cc1)c1cccnc1Oc1ccc(F)cc1. The summed E-state index contributed by atoms with van der Waals surface area (Å²) in [5, 5.41) is 2.82. The molecule has 0 unspecified atom stereocenters. The van der Waals surface area contributed by atoms with E-state index in [1.807, 2.05) is 0 Å². The van der Waals surface area contributed by atoms with E-state index in [0.29, 0.717) is 22.4 Å². The highest BCUT2D eigenvalue weighted by Gasteiger charge is 2.32. The van der Waals surface area contributed by atoms with Gasteiger partial charge in [-0.05, 0) is 71.3 Å². The van der Waals surface area contributed by atoms with Crippen molar-refractivity contribution in [3.63, 3.8) is 0 Å². The highest BCUT2D eigenvalue weighted by molar-refractivity contribution is 6.12. The Morgan fingerprint density at radius 2 is 1.63 bits per heavy atom. The van der Waals surface area contributed by atoms with E-state index < -0.39 is 29.4 Å². The fourth-order valence-corrected chi connectivity index (χ4v) is 4.80. The van der Waals surface area contributed by atoms with Gasteiger partial charge in [-0.15, -0.1) is 0 Å². The zero-order valence-electron chi connectivity index (χ0n) is 22.6. The molecule has 0 fully saturated rings. The van der Waals surface area contributed by atoms with Gasteiger partial charge in [0.15, 0.2) is 0 Å². The molecule has 212 valence electrons. The molecule has 4 aromatic carbocycles. The van der Waals surface area contributed by atoms with Gasteiger partial charge in [0.05, 0.1) is 6.54 Å². The molecule has 0 saturated carbocycles. The minimum absolute atomic E-state index is 0.0815. The smallest absolute Gasteiger partial charge is 0.261 e. The van der Waals surface area contributed by atoms with Crippen molar-refractivity contribution < 1.29 is 27.9 Å². The second kappa shape index (κ2) is 11.7. The van der Waals surface area contributed by atoms with Crippen LogP contribution in [0.15, 0.2) is 109 Å². The van der Waals surface area contributed by atoms with Crippen LogP contribution in [0.1, 0.15) is 42.2 Å². The number of imide groups is 1. The Hall–Kier alpha value is -5.70. The number of carbonyl (C=O) groups is 3. The number of nitrogens with zero attached hydrogens (tertiary/aromatic N) is 2. The highest BCUT2D eigenvalue weighted by Crippen LogP contribution is 2.28. The molecule has 9 heteroatoms. The first-order valence-electron chi connectivity index (χ1n) is 13.4. The molecule has 0 bridgehead atoms. The summed E-state index contributed by atoms with van der Waals surface area (Å²) in [4.78, 5) is 43.8. The summed E-state index contributed by atoms with van der Waals surface area (Å²) in [5.74, 6) is -1.96. The number of benzene rings is 4. The quantitative estimate of drug-likeness (QED) is 0.223. The van der Waals surface area contributed by atoms with Crippen molar-refractivity contribution in [3.8, 4) is 22.8 Å². The molecule has 1 aliphatic rings. The summed E-state index contributed by atoms with van der Waals surface area (Å²) in [5.41, 5.74) is 3.16. The molecular weight excluding hydrogens is 552 g/mol. The van der Waals surface area contributed by atoms with Crippen molar-refractivity contribution in [1.29, 1.82) is 0 Å². The Kier molecular flexibility index (Phi) is 7.44. The van der Waals surface area contributed by atoms with Crippen LogP contribution in [-0.4, -0.2) is 27.6 Å². The van der Waals surface area contributed by atoms with Crippen LogP contribution in [0.2, 0.25) is 0 Å². The first kappa shape index (κ1) is 27.5. The summed E-state index contributed by atoms with van der Waals surface area (Å²) in [7, 11) is 0. The minimum Gasteiger partial charge on any atom is -0.438 e. The normalized spacial score (nSPS) is 12.1. The predicted molar refractivity (Wildman–Crippen MR) is 154 cm³/mol. The average Bonchev–Trinajstić information content (AvgIpc) is 3.37. The standard InChI is InChI=1S/C34H23F2N3O4/c35-25-12-14-26(15-13-25)43-32-29(6-3-17-37-32)31(40)38-19-21-7-9-22(10-8-21)27-16-11-23(18-30(27)36)33(41)39-20-24-4-1-2-5-28(24)34(39)42/h1-18H,19-20H2,(H,38,40). The first-order chi connectivity index (χ1) is 20.9. The predicted octanol–water partition coefficient (Wildman–Crippen LogP) is 6.55. The molecule has 5 aromatic rings. The van der Waals surface area contributed by atoms with Crippen LogP contribution in [0, 0.1) is 11.6 Å². The number of pyridine rings is 1. The third kappa shape index (κ3) is 5.73. The molecule has 0 aliphatic carbocycles. The van der Waals surface area contributed by atoms with Crippen molar-refractivity contribution in [1.82, 2.24) is 15.2 Å². The van der Waals surface area contributed by atoms with Gasteiger partial charge in [0.2, 0.25) is 5.88 Å². The van der Waals surface area contributed by atoms with Crippen LogP contribution in [0.3, 0.4) is 0 Å². The van der Waals surface area contributed by atoms with Crippen LogP contribution in [0.25, 0.3) is 11.1 Å². The molecule has 1 aromatic heterocycles. The molecular formula is C34H23F2N3O4. The molecule has 3 amide bonds. The molecule has 7 nitrogen and oxygen atoms in total. The number of ether oxygens (including phenoxy) is 1. The maximum absolute atomic E-state index is 15.2. The fourth-order valence-electron chi connectivity index (χ4n) is 4.80. The van der Waals surface area contributed by atoms with Gasteiger partial charge in [0.1, 0.15) is 22.9 Å². The monoisotopic (exact) mass is 575 g/mol. The number of hydrogen-bond donors (Lipinski definition) is 1. The Labute approximate surface area is 245 Å². The van der Waals surface area contributed by atoms with Crippen LogP contribution in [0.4, 0.5) is 8.78 Å². The first-order valence-corrected chi connectivity index (χ1v) is 13.4. The van der Waals surface area contributed by atoms with E-state index in [-0.39, 0.29) is 30.1 Å². The molecule has 0 radical (unpaired) electrons. The van der Waals surface area contributed by atoms with E-state index in [2.05, 4.69) is 10.3 Å². The lowest BCUT2D eigenvalue weighted by Crippen LogP contribution is -2.31. The zero-order valence-corrected chi connectivity index (χ0v) is 22.6. The molecule has 0 atom stereocenters. The maximum atomic E-state index is 15.2. The van der Waals surface area contributed by atoms with E-state index in [0.717, 1.165) is 22.1 Å². The summed E-state index contributed by atoms with van der Waals surface area (Å²) >= 11 is 0. The lowest BCUT2D eigenvalue weighted by molar-refractivity contribution is 0.0630. The number of carbonyl (C=O) groups excluding carboxylic acids is 3. The number of fused-ring (bicyclic) bond motifs is 1. The van der Waals surface area contributed by atoms with E-state index >= 15 is 4.39 Å². The molecule has 0 spiro atoms. The zero-order chi connectivity index (χ0) is 29.9. The third-order valence-electron chi connectivity index (χ3n) is 7.04. The molecule has 1 N–H and O–H groups in total. The number of aromatic nitrogens is 1. The average molecular weight is 576 g/mol. The summed E-state index contributed by atoms with van der Waals surface area (Å²) < 4.78 is 34.0. The van der Waals surface area contributed by atoms with Crippen molar-refractivity contribution >= 4 is 17.7 Å². The fraction of sp³-hybridized carbons (Fsp3) is 0.0588. The van der Waals surface area contributed by atoms with Gasteiger partial charge in [-0.25, -0.2) is 13.8 Å². The molecule has 2 heterocycles. The van der Waals surface area contributed by atoms with Gasteiger partial charge in [-0.1, -0.05) is 48.5 Å². The van der Waals surface area contributed by atoms with Gasteiger partial charge in [0, 0.05) is 29.4 Å². The van der Waals surface area contributed by atoms with Crippen molar-refractivity contribution in [3.05, 3.63) is 149 Å². The number of amides is 3. The molecule has 1 aliphatic heterocycles. The van der Waals surface area contributed by atoms with E-state index in [4.69, 9.17) is 4.74 Å². The Bertz CT molecular complexity index is 1860. The topological polar surface area (TPSA) is 88.6 Å². The van der Waals surface area contributed by atoms with Gasteiger partial charge in [0.25, 0.3) is 17.7 Å². The minimum atomic E-state index is -0.596. The van der Waals surface area contributed by atoms with Gasteiger partial charge < -0.3 is 10.1 Å². The third-order valence-corrected chi connectivity index (χ3v) is 7.04. The summed E-state index contributed by atoms with van der Waals surface area (Å²) in [6.45, 7) is 0.338. The van der Waals surface area contributed by atoms with Gasteiger partial charge in [-0.2, -0.15) is 0 Å². The molecule has 43 heavy (non-hydrogen) atoms. The molecule has 0 saturated heterocycles. The Morgan fingerprint density at radius 1 is 0.860 bits per heavy atom. The second-order valence-corrected chi connectivity index (χ2v) is 9.84. The number of nitrogens with one attached hydrogen (secondary N) is 1. The number of halogens is 2. The van der Waals surface area contributed by atoms with Crippen molar-refractivity contribution in [2.75, 3.05) is 0 Å². The largest absolute Gasteiger partial charge is 0.438 e. The lowest BCUT2D eigenvalue weighted by Gasteiger charge is -2.14. The highest BCUT2D eigenvalue weighted by atomic mass is 19.1. The Morgan fingerprint density at radius 3 is 2.37 bits per heavy atom. The van der Waals surface area contributed by atoms with Crippen LogP contribution in [-0.2, 0) is 13.1 Å². The van der Waals surface area contributed by atoms with Crippen molar-refractivity contribution in [2.24, 2.45) is 0 Å². The summed E-state index contributed by atoms with van der Waals surface area (Å²) in [6, 6.07) is 26.7. The van der Waals surface area contributed by atoms with E-state index in [1.54, 1.807) is 60.7 Å². The van der Waals surface area contributed by atoms with Crippen LogP contribution >= 0.6 is 0 Å². The van der Waals surface area contributed by atoms with Gasteiger partial charge in [-0.3, -0.25) is 19.3 Å². The second-order valence-electron chi connectivity index (χ2n) is 9.84. The van der Waals surface area contributed by atoms with Crippen LogP contribution < -0.4 is 10.1 Å². The van der Waals surface area contributed by atoms with E-state index in [1.165, 1.54) is 42.6 Å². The van der Waals surface area contributed by atoms with E-state index in [9.17, 15) is 18.8 Å². The summed E-state index contributed by atoms with van der Waals surface area (Å²) in [6.07, 6.45) is 1.49. The van der Waals surface area contributed by atoms with Crippen LogP contribution in [0.5, 0.6) is 11.6 Å². The lowest BCUT2D eigenvalue weighted by atomic mass is 10.0.